The van der Waals surface area contributed by atoms with Crippen LogP contribution in [0.4, 0.5) is 0 Å². The molecule has 4 heteroatoms. The Bertz CT molecular complexity index is 824. The van der Waals surface area contributed by atoms with Gasteiger partial charge in [0.1, 0.15) is 5.60 Å². The van der Waals surface area contributed by atoms with Crippen molar-refractivity contribution >= 4 is 0 Å². The van der Waals surface area contributed by atoms with Crippen molar-refractivity contribution in [2.45, 2.75) is 119 Å². The van der Waals surface area contributed by atoms with Crippen molar-refractivity contribution in [1.29, 1.82) is 0 Å². The summed E-state index contributed by atoms with van der Waals surface area (Å²) in [5.74, 6) is 3.24. The average molecular weight is 477 g/mol. The quantitative estimate of drug-likeness (QED) is 0.328. The Hall–Kier alpha value is -1.58. The molecule has 0 radical (unpaired) electrons. The number of phenols is 1. The van der Waals surface area contributed by atoms with Gasteiger partial charge in [-0.15, -0.1) is 0 Å². The van der Waals surface area contributed by atoms with Gasteiger partial charge in [0.05, 0.1) is 14.2 Å². The van der Waals surface area contributed by atoms with E-state index in [2.05, 4.69) is 55.4 Å². The summed E-state index contributed by atoms with van der Waals surface area (Å²) < 4.78 is 17.8. The topological polar surface area (TPSA) is 47.9 Å². The molecule has 0 aromatic heterocycles. The van der Waals surface area contributed by atoms with Crippen molar-refractivity contribution in [1.82, 2.24) is 0 Å². The Morgan fingerprint density at radius 1 is 0.971 bits per heavy atom. The summed E-state index contributed by atoms with van der Waals surface area (Å²) >= 11 is 0. The van der Waals surface area contributed by atoms with Crippen LogP contribution in [-0.4, -0.2) is 24.9 Å². The van der Waals surface area contributed by atoms with Gasteiger partial charge >= 0.3 is 0 Å². The maximum absolute atomic E-state index is 10.6. The fraction of sp³-hybridized carbons (Fsp3) is 0.800. The van der Waals surface area contributed by atoms with Gasteiger partial charge in [-0.25, -0.2) is 0 Å². The van der Waals surface area contributed by atoms with E-state index in [0.29, 0.717) is 16.9 Å². The maximum Gasteiger partial charge on any atom is 0.207 e. The highest BCUT2D eigenvalue weighted by Gasteiger charge is 2.40. The molecule has 0 amide bonds. The molecule has 1 aliphatic heterocycles. The van der Waals surface area contributed by atoms with Gasteiger partial charge in [0.2, 0.25) is 11.5 Å². The SMILES string of the molecule is COc1c(O)c(C)c2c(c1OC)OC(C)(CC(C)(C)CCC(C)CC(C)(C)CCC(C)C)CC2. The lowest BCUT2D eigenvalue weighted by molar-refractivity contribution is 0.0131. The molecular weight excluding hydrogens is 424 g/mol. The molecule has 1 aromatic carbocycles. The molecule has 34 heavy (non-hydrogen) atoms. The van der Waals surface area contributed by atoms with Gasteiger partial charge in [-0.05, 0) is 75.0 Å². The van der Waals surface area contributed by atoms with E-state index in [-0.39, 0.29) is 16.8 Å². The summed E-state index contributed by atoms with van der Waals surface area (Å²) in [6, 6.07) is 0. The first kappa shape index (κ1) is 28.7. The third kappa shape index (κ3) is 7.21. The molecule has 2 unspecified atom stereocenters. The highest BCUT2D eigenvalue weighted by Crippen LogP contribution is 2.53. The summed E-state index contributed by atoms with van der Waals surface area (Å²) in [5, 5.41) is 10.6. The predicted octanol–water partition coefficient (Wildman–Crippen LogP) is 8.49. The number of hydrogen-bond acceptors (Lipinski definition) is 4. The van der Waals surface area contributed by atoms with E-state index in [9.17, 15) is 5.11 Å². The van der Waals surface area contributed by atoms with E-state index in [4.69, 9.17) is 14.2 Å². The molecular formula is C30H52O4. The fourth-order valence-electron chi connectivity index (χ4n) is 5.99. The minimum atomic E-state index is -0.280. The number of phenolic OH excluding ortho intramolecular Hbond substituents is 1. The van der Waals surface area contributed by atoms with Gasteiger partial charge in [0.15, 0.2) is 11.5 Å². The highest BCUT2D eigenvalue weighted by molar-refractivity contribution is 5.67. The molecule has 1 heterocycles. The van der Waals surface area contributed by atoms with Crippen LogP contribution in [0.2, 0.25) is 0 Å². The Morgan fingerprint density at radius 2 is 1.56 bits per heavy atom. The summed E-state index contributed by atoms with van der Waals surface area (Å²) in [5.41, 5.74) is 2.16. The minimum absolute atomic E-state index is 0.149. The second kappa shape index (κ2) is 11.0. The van der Waals surface area contributed by atoms with Gasteiger partial charge in [-0.2, -0.15) is 0 Å². The van der Waals surface area contributed by atoms with Crippen LogP contribution in [0.15, 0.2) is 0 Å². The van der Waals surface area contributed by atoms with E-state index in [1.165, 1.54) is 32.1 Å². The van der Waals surface area contributed by atoms with Crippen LogP contribution in [0.1, 0.15) is 111 Å². The Labute approximate surface area is 209 Å². The second-order valence-electron chi connectivity index (χ2n) is 13.2. The van der Waals surface area contributed by atoms with Crippen LogP contribution in [0, 0.1) is 29.6 Å². The zero-order chi connectivity index (χ0) is 25.9. The third-order valence-corrected chi connectivity index (χ3v) is 7.84. The van der Waals surface area contributed by atoms with Crippen molar-refractivity contribution in [3.63, 3.8) is 0 Å². The first-order valence-electron chi connectivity index (χ1n) is 13.3. The number of benzene rings is 1. The molecule has 196 valence electrons. The van der Waals surface area contributed by atoms with Crippen molar-refractivity contribution < 1.29 is 19.3 Å². The Kier molecular flexibility index (Phi) is 9.27. The largest absolute Gasteiger partial charge is 0.504 e. The Balaban J connectivity index is 2.07. The van der Waals surface area contributed by atoms with Gasteiger partial charge < -0.3 is 19.3 Å². The summed E-state index contributed by atoms with van der Waals surface area (Å²) in [7, 11) is 3.16. The lowest BCUT2D eigenvalue weighted by Gasteiger charge is -2.42. The van der Waals surface area contributed by atoms with Crippen molar-refractivity contribution in [3.05, 3.63) is 11.1 Å². The molecule has 1 aromatic rings. The first-order valence-corrected chi connectivity index (χ1v) is 13.3. The standard InChI is InChI=1S/C30H52O4/c1-20(2)12-15-28(5,6)18-21(3)13-16-29(7,8)19-30(9)17-14-23-22(4)24(31)26(32-10)27(33-11)25(23)34-30/h20-21,31H,12-19H2,1-11H3. The predicted molar refractivity (Wildman–Crippen MR) is 143 cm³/mol. The number of ether oxygens (including phenoxy) is 3. The maximum atomic E-state index is 10.6. The van der Waals surface area contributed by atoms with Crippen LogP contribution in [0.5, 0.6) is 23.0 Å². The van der Waals surface area contributed by atoms with Gasteiger partial charge in [-0.1, -0.05) is 61.3 Å². The molecule has 0 aliphatic carbocycles. The zero-order valence-electron chi connectivity index (χ0n) is 24.0. The number of methoxy groups -OCH3 is 2. The van der Waals surface area contributed by atoms with Crippen molar-refractivity contribution in [2.75, 3.05) is 14.2 Å². The molecule has 0 bridgehead atoms. The van der Waals surface area contributed by atoms with Crippen molar-refractivity contribution in [2.24, 2.45) is 22.7 Å². The number of fused-ring (bicyclic) bond motifs is 1. The van der Waals surface area contributed by atoms with Gasteiger partial charge in [-0.3, -0.25) is 0 Å². The second-order valence-corrected chi connectivity index (χ2v) is 13.2. The smallest absolute Gasteiger partial charge is 0.207 e. The highest BCUT2D eigenvalue weighted by atomic mass is 16.5. The van der Waals surface area contributed by atoms with Crippen molar-refractivity contribution in [3.8, 4) is 23.0 Å². The molecule has 0 fully saturated rings. The number of rotatable bonds is 12. The van der Waals surface area contributed by atoms with Gasteiger partial charge in [0.25, 0.3) is 0 Å². The first-order chi connectivity index (χ1) is 15.6. The average Bonchev–Trinajstić information content (AvgIpc) is 2.72. The van der Waals surface area contributed by atoms with Crippen LogP contribution in [0.3, 0.4) is 0 Å². The summed E-state index contributed by atoms with van der Waals surface area (Å²) in [6.45, 7) is 20.9. The normalized spacial score (nSPS) is 19.5. The third-order valence-electron chi connectivity index (χ3n) is 7.84. The molecule has 2 rings (SSSR count). The lowest BCUT2D eigenvalue weighted by Crippen LogP contribution is -2.41. The monoisotopic (exact) mass is 476 g/mol. The van der Waals surface area contributed by atoms with Crippen LogP contribution in [-0.2, 0) is 6.42 Å². The van der Waals surface area contributed by atoms with Crippen LogP contribution in [0.25, 0.3) is 0 Å². The molecule has 1 N–H and O–H groups in total. The van der Waals surface area contributed by atoms with Gasteiger partial charge in [0, 0.05) is 11.1 Å². The number of aromatic hydroxyl groups is 1. The van der Waals surface area contributed by atoms with E-state index < -0.39 is 0 Å². The zero-order valence-corrected chi connectivity index (χ0v) is 24.0. The van der Waals surface area contributed by atoms with Crippen LogP contribution < -0.4 is 14.2 Å². The molecule has 1 aliphatic rings. The van der Waals surface area contributed by atoms with E-state index in [1.54, 1.807) is 14.2 Å². The molecule has 4 nitrogen and oxygen atoms in total. The fourth-order valence-corrected chi connectivity index (χ4v) is 5.99. The molecule has 0 saturated carbocycles. The van der Waals surface area contributed by atoms with E-state index in [1.807, 2.05) is 6.92 Å². The summed E-state index contributed by atoms with van der Waals surface area (Å²) in [4.78, 5) is 0. The Morgan fingerprint density at radius 3 is 2.12 bits per heavy atom. The van der Waals surface area contributed by atoms with Crippen LogP contribution >= 0.6 is 0 Å². The molecule has 0 saturated heterocycles. The van der Waals surface area contributed by atoms with E-state index >= 15 is 0 Å². The van der Waals surface area contributed by atoms with E-state index in [0.717, 1.165) is 48.0 Å². The molecule has 0 spiro atoms. The minimum Gasteiger partial charge on any atom is -0.504 e. The number of hydrogen-bond donors (Lipinski definition) is 1. The lowest BCUT2D eigenvalue weighted by atomic mass is 9.72. The summed E-state index contributed by atoms with van der Waals surface area (Å²) in [6.07, 6.45) is 9.12. The molecule has 2 atom stereocenters.